The van der Waals surface area contributed by atoms with Crippen LogP contribution in [0, 0.1) is 5.92 Å². The van der Waals surface area contributed by atoms with Gasteiger partial charge in [-0.15, -0.1) is 5.10 Å². The highest BCUT2D eigenvalue weighted by Gasteiger charge is 2.24. The van der Waals surface area contributed by atoms with Crippen molar-refractivity contribution in [2.24, 2.45) is 5.92 Å². The third-order valence-corrected chi connectivity index (χ3v) is 3.67. The first-order valence-corrected chi connectivity index (χ1v) is 6.92. The smallest absolute Gasteiger partial charge is 0.275 e. The first-order valence-electron chi connectivity index (χ1n) is 6.08. The van der Waals surface area contributed by atoms with E-state index in [1.54, 1.807) is 5.38 Å². The topological polar surface area (TPSA) is 58.1 Å². The monoisotopic (exact) mass is 254 g/mol. The maximum atomic E-state index is 12.0. The average molecular weight is 254 g/mol. The quantitative estimate of drug-likeness (QED) is 0.871. The molecule has 94 valence electrons. The Morgan fingerprint density at radius 2 is 2.35 bits per heavy atom. The molecule has 1 amide bonds. The number of carbonyl (C=O) groups excluding carboxylic acids is 1. The highest BCUT2D eigenvalue weighted by molar-refractivity contribution is 7.03. The van der Waals surface area contributed by atoms with Crippen LogP contribution < -0.4 is 5.32 Å². The molecule has 0 aromatic carbocycles. The molecule has 0 spiro atoms. The van der Waals surface area contributed by atoms with Gasteiger partial charge in [0.25, 0.3) is 5.91 Å². The van der Waals surface area contributed by atoms with Gasteiger partial charge >= 0.3 is 0 Å². The van der Waals surface area contributed by atoms with E-state index in [2.05, 4.69) is 21.8 Å². The van der Waals surface area contributed by atoms with Crippen LogP contribution >= 0.6 is 11.5 Å². The number of carbonyl (C=O) groups is 1. The number of amides is 1. The molecule has 0 aliphatic carbocycles. The van der Waals surface area contributed by atoms with Crippen LogP contribution in [0.5, 0.6) is 0 Å². The van der Waals surface area contributed by atoms with Crippen molar-refractivity contribution in [3.05, 3.63) is 11.1 Å². The van der Waals surface area contributed by atoms with Crippen LogP contribution in [-0.2, 0) is 0 Å². The molecule has 0 unspecified atom stereocenters. The van der Waals surface area contributed by atoms with Gasteiger partial charge in [-0.05, 0) is 43.4 Å². The van der Waals surface area contributed by atoms with Gasteiger partial charge in [-0.2, -0.15) is 0 Å². The van der Waals surface area contributed by atoms with Gasteiger partial charge in [0.1, 0.15) is 0 Å². The summed E-state index contributed by atoms with van der Waals surface area (Å²) in [7, 11) is 0. The predicted molar refractivity (Wildman–Crippen MR) is 67.1 cm³/mol. The minimum absolute atomic E-state index is 0.0284. The van der Waals surface area contributed by atoms with Crippen LogP contribution in [0.1, 0.15) is 30.3 Å². The van der Waals surface area contributed by atoms with Crippen LogP contribution in [-0.4, -0.2) is 46.6 Å². The highest BCUT2D eigenvalue weighted by atomic mass is 32.1. The molecule has 1 saturated heterocycles. The molecular weight excluding hydrogens is 236 g/mol. The van der Waals surface area contributed by atoms with Crippen molar-refractivity contribution in [3.8, 4) is 0 Å². The lowest BCUT2D eigenvalue weighted by atomic mass is 9.96. The summed E-state index contributed by atoms with van der Waals surface area (Å²) >= 11 is 1.22. The Labute approximate surface area is 105 Å². The van der Waals surface area contributed by atoms with Gasteiger partial charge in [-0.25, -0.2) is 0 Å². The van der Waals surface area contributed by atoms with E-state index in [4.69, 9.17) is 0 Å². The molecule has 6 heteroatoms. The Morgan fingerprint density at radius 3 is 2.94 bits per heavy atom. The Morgan fingerprint density at radius 1 is 1.59 bits per heavy atom. The summed E-state index contributed by atoms with van der Waals surface area (Å²) in [5.41, 5.74) is 0.486. The average Bonchev–Trinajstić information content (AvgIpc) is 2.90. The molecule has 5 nitrogen and oxygen atoms in total. The van der Waals surface area contributed by atoms with E-state index in [1.165, 1.54) is 11.5 Å². The van der Waals surface area contributed by atoms with Gasteiger partial charge in [0.05, 0.1) is 0 Å². The number of likely N-dealkylation sites (tertiary alicyclic amines) is 1. The number of nitrogens with one attached hydrogen (secondary N) is 1. The number of piperidine rings is 1. The standard InChI is InChI=1S/C11H18N4OS/c1-2-12-7-9-3-5-15(6-4-9)11(16)10-8-17-14-13-10/h8-9,12H,2-7H2,1H3. The van der Waals surface area contributed by atoms with Crippen molar-refractivity contribution in [2.45, 2.75) is 19.8 Å². The highest BCUT2D eigenvalue weighted by Crippen LogP contribution is 2.18. The van der Waals surface area contributed by atoms with Crippen molar-refractivity contribution >= 4 is 17.4 Å². The number of rotatable bonds is 4. The summed E-state index contributed by atoms with van der Waals surface area (Å²) < 4.78 is 3.73. The van der Waals surface area contributed by atoms with Crippen LogP contribution in [0.4, 0.5) is 0 Å². The van der Waals surface area contributed by atoms with E-state index in [-0.39, 0.29) is 5.91 Å². The summed E-state index contributed by atoms with van der Waals surface area (Å²) in [6, 6.07) is 0. The molecule has 1 N–H and O–H groups in total. The van der Waals surface area contributed by atoms with Gasteiger partial charge in [-0.3, -0.25) is 4.79 Å². The molecule has 1 aromatic rings. The molecule has 0 bridgehead atoms. The molecule has 17 heavy (non-hydrogen) atoms. The van der Waals surface area contributed by atoms with E-state index in [0.717, 1.165) is 39.0 Å². The third kappa shape index (κ3) is 3.23. The summed E-state index contributed by atoms with van der Waals surface area (Å²) in [6.07, 6.45) is 2.16. The normalized spacial score (nSPS) is 17.4. The van der Waals surface area contributed by atoms with Gasteiger partial charge in [0, 0.05) is 18.5 Å². The Balaban J connectivity index is 1.81. The molecular formula is C11H18N4OS. The minimum Gasteiger partial charge on any atom is -0.337 e. The van der Waals surface area contributed by atoms with E-state index >= 15 is 0 Å². The number of nitrogens with zero attached hydrogens (tertiary/aromatic N) is 3. The van der Waals surface area contributed by atoms with Gasteiger partial charge in [0.2, 0.25) is 0 Å². The summed E-state index contributed by atoms with van der Waals surface area (Å²) in [5, 5.41) is 8.91. The second-order valence-corrected chi connectivity index (χ2v) is 4.94. The Kier molecular flexibility index (Phi) is 4.44. The number of aromatic nitrogens is 2. The minimum atomic E-state index is 0.0284. The molecule has 1 aliphatic rings. The largest absolute Gasteiger partial charge is 0.337 e. The van der Waals surface area contributed by atoms with E-state index in [0.29, 0.717) is 11.6 Å². The molecule has 1 aromatic heterocycles. The van der Waals surface area contributed by atoms with Crippen molar-refractivity contribution < 1.29 is 4.79 Å². The lowest BCUT2D eigenvalue weighted by Gasteiger charge is -2.31. The molecule has 0 saturated carbocycles. The first-order chi connectivity index (χ1) is 8.31. The maximum absolute atomic E-state index is 12.0. The zero-order valence-corrected chi connectivity index (χ0v) is 10.9. The summed E-state index contributed by atoms with van der Waals surface area (Å²) in [4.78, 5) is 13.9. The Bertz CT molecular complexity index is 346. The second-order valence-electron chi connectivity index (χ2n) is 4.33. The SMILES string of the molecule is CCNCC1CCN(C(=O)c2csnn2)CC1. The van der Waals surface area contributed by atoms with Crippen molar-refractivity contribution in [3.63, 3.8) is 0 Å². The number of hydrogen-bond donors (Lipinski definition) is 1. The van der Waals surface area contributed by atoms with Gasteiger partial charge in [-0.1, -0.05) is 11.4 Å². The fraction of sp³-hybridized carbons (Fsp3) is 0.727. The lowest BCUT2D eigenvalue weighted by Crippen LogP contribution is -2.40. The summed E-state index contributed by atoms with van der Waals surface area (Å²) in [5.74, 6) is 0.730. The maximum Gasteiger partial charge on any atom is 0.275 e. The molecule has 2 heterocycles. The molecule has 1 aliphatic heterocycles. The number of hydrogen-bond acceptors (Lipinski definition) is 5. The van der Waals surface area contributed by atoms with Gasteiger partial charge < -0.3 is 10.2 Å². The third-order valence-electron chi connectivity index (χ3n) is 3.16. The van der Waals surface area contributed by atoms with E-state index < -0.39 is 0 Å². The summed E-state index contributed by atoms with van der Waals surface area (Å²) in [6.45, 7) is 5.88. The molecule has 0 atom stereocenters. The van der Waals surface area contributed by atoms with Crippen LogP contribution in [0.15, 0.2) is 5.38 Å². The van der Waals surface area contributed by atoms with E-state index in [1.807, 2.05) is 4.90 Å². The fourth-order valence-corrected chi connectivity index (χ4v) is 2.54. The molecule has 2 rings (SSSR count). The zero-order chi connectivity index (χ0) is 12.1. The molecule has 0 radical (unpaired) electrons. The van der Waals surface area contributed by atoms with Crippen LogP contribution in [0.2, 0.25) is 0 Å². The van der Waals surface area contributed by atoms with E-state index in [9.17, 15) is 4.79 Å². The predicted octanol–water partition coefficient (Wildman–Crippen LogP) is 1.000. The van der Waals surface area contributed by atoms with Gasteiger partial charge in [0.15, 0.2) is 5.69 Å². The van der Waals surface area contributed by atoms with Crippen molar-refractivity contribution in [2.75, 3.05) is 26.2 Å². The molecule has 1 fully saturated rings. The Hall–Kier alpha value is -1.01. The van der Waals surface area contributed by atoms with Crippen LogP contribution in [0.25, 0.3) is 0 Å². The van der Waals surface area contributed by atoms with Crippen LogP contribution in [0.3, 0.4) is 0 Å². The van der Waals surface area contributed by atoms with Crippen molar-refractivity contribution in [1.29, 1.82) is 0 Å². The second kappa shape index (κ2) is 6.07. The fourth-order valence-electron chi connectivity index (χ4n) is 2.11. The lowest BCUT2D eigenvalue weighted by molar-refractivity contribution is 0.0684. The zero-order valence-electron chi connectivity index (χ0n) is 10.1. The first kappa shape index (κ1) is 12.4. The van der Waals surface area contributed by atoms with Crippen molar-refractivity contribution in [1.82, 2.24) is 19.8 Å².